The molecule has 0 aliphatic heterocycles. The van der Waals surface area contributed by atoms with Gasteiger partial charge < -0.3 is 4.74 Å². The second-order valence-corrected chi connectivity index (χ2v) is 4.34. The molecule has 102 valence electrons. The number of aryl methyl sites for hydroxylation is 1. The molecule has 0 saturated carbocycles. The van der Waals surface area contributed by atoms with E-state index in [0.717, 1.165) is 13.0 Å². The second kappa shape index (κ2) is 6.46. The van der Waals surface area contributed by atoms with Gasteiger partial charge in [0.1, 0.15) is 11.4 Å². The number of nitro groups is 1. The zero-order valence-corrected chi connectivity index (χ0v) is 11.3. The molecule has 1 aromatic rings. The number of hydrogen-bond acceptors (Lipinski definition) is 5. The molecule has 0 aliphatic carbocycles. The van der Waals surface area contributed by atoms with Gasteiger partial charge in [-0.1, -0.05) is 0 Å². The lowest BCUT2D eigenvalue weighted by atomic mass is 10.3. The van der Waals surface area contributed by atoms with Gasteiger partial charge in [0, 0.05) is 20.3 Å². The SMILES string of the molecule is COCCCN(C)Cn1nc(C)c([N+](=O)[O-])c1C. The van der Waals surface area contributed by atoms with Crippen molar-refractivity contribution in [1.29, 1.82) is 0 Å². The Kier molecular flexibility index (Phi) is 5.24. The molecule has 1 rings (SSSR count). The summed E-state index contributed by atoms with van der Waals surface area (Å²) >= 11 is 0. The minimum absolute atomic E-state index is 0.111. The Morgan fingerprint density at radius 3 is 2.67 bits per heavy atom. The van der Waals surface area contributed by atoms with Crippen molar-refractivity contribution >= 4 is 5.69 Å². The van der Waals surface area contributed by atoms with E-state index in [1.54, 1.807) is 25.6 Å². The highest BCUT2D eigenvalue weighted by molar-refractivity contribution is 5.39. The number of ether oxygens (including phenoxy) is 1. The summed E-state index contributed by atoms with van der Waals surface area (Å²) in [5, 5.41) is 15.1. The zero-order valence-electron chi connectivity index (χ0n) is 11.3. The van der Waals surface area contributed by atoms with Gasteiger partial charge in [0.05, 0.1) is 11.6 Å². The van der Waals surface area contributed by atoms with Crippen LogP contribution in [0.1, 0.15) is 17.8 Å². The molecular formula is C11H20N4O3. The van der Waals surface area contributed by atoms with Crippen molar-refractivity contribution in [3.05, 3.63) is 21.5 Å². The molecule has 1 aromatic heterocycles. The molecule has 18 heavy (non-hydrogen) atoms. The van der Waals surface area contributed by atoms with Crippen molar-refractivity contribution < 1.29 is 9.66 Å². The van der Waals surface area contributed by atoms with E-state index in [4.69, 9.17) is 4.74 Å². The van der Waals surface area contributed by atoms with Crippen LogP contribution in [0.4, 0.5) is 5.69 Å². The van der Waals surface area contributed by atoms with Crippen molar-refractivity contribution in [3.63, 3.8) is 0 Å². The van der Waals surface area contributed by atoms with Crippen LogP contribution in [0.2, 0.25) is 0 Å². The maximum Gasteiger partial charge on any atom is 0.312 e. The third kappa shape index (κ3) is 3.51. The summed E-state index contributed by atoms with van der Waals surface area (Å²) in [6.45, 7) is 5.50. The molecule has 0 N–H and O–H groups in total. The molecule has 7 heteroatoms. The number of nitrogens with zero attached hydrogens (tertiary/aromatic N) is 4. The maximum absolute atomic E-state index is 10.9. The molecule has 0 atom stereocenters. The van der Waals surface area contributed by atoms with Crippen LogP contribution in [-0.4, -0.2) is 46.9 Å². The predicted molar refractivity (Wildman–Crippen MR) is 67.5 cm³/mol. The van der Waals surface area contributed by atoms with Gasteiger partial charge in [-0.25, -0.2) is 4.68 Å². The Bertz CT molecular complexity index is 417. The molecule has 0 spiro atoms. The largest absolute Gasteiger partial charge is 0.385 e. The summed E-state index contributed by atoms with van der Waals surface area (Å²) in [6.07, 6.45) is 0.925. The summed E-state index contributed by atoms with van der Waals surface area (Å²) < 4.78 is 6.65. The van der Waals surface area contributed by atoms with Crippen LogP contribution in [0.15, 0.2) is 0 Å². The highest BCUT2D eigenvalue weighted by atomic mass is 16.6. The van der Waals surface area contributed by atoms with Crippen LogP contribution >= 0.6 is 0 Å². The van der Waals surface area contributed by atoms with E-state index in [9.17, 15) is 10.1 Å². The molecule has 0 unspecified atom stereocenters. The van der Waals surface area contributed by atoms with E-state index in [1.165, 1.54) is 0 Å². The Labute approximate surface area is 106 Å². The maximum atomic E-state index is 10.9. The van der Waals surface area contributed by atoms with Crippen molar-refractivity contribution in [2.75, 3.05) is 27.3 Å². The van der Waals surface area contributed by atoms with Gasteiger partial charge in [0.15, 0.2) is 0 Å². The fourth-order valence-corrected chi connectivity index (χ4v) is 1.87. The van der Waals surface area contributed by atoms with Crippen LogP contribution in [0.3, 0.4) is 0 Å². The Morgan fingerprint density at radius 1 is 1.50 bits per heavy atom. The third-order valence-electron chi connectivity index (χ3n) is 2.79. The first-order valence-corrected chi connectivity index (χ1v) is 5.83. The lowest BCUT2D eigenvalue weighted by molar-refractivity contribution is -0.386. The van der Waals surface area contributed by atoms with Crippen LogP contribution in [0.5, 0.6) is 0 Å². The average molecular weight is 256 g/mol. The first kappa shape index (κ1) is 14.6. The smallest absolute Gasteiger partial charge is 0.312 e. The van der Waals surface area contributed by atoms with Crippen LogP contribution in [0, 0.1) is 24.0 Å². The van der Waals surface area contributed by atoms with Crippen molar-refractivity contribution in [2.45, 2.75) is 26.9 Å². The van der Waals surface area contributed by atoms with Crippen LogP contribution in [0.25, 0.3) is 0 Å². The number of rotatable bonds is 7. The zero-order chi connectivity index (χ0) is 13.7. The van der Waals surface area contributed by atoms with Gasteiger partial charge in [-0.15, -0.1) is 0 Å². The summed E-state index contributed by atoms with van der Waals surface area (Å²) in [7, 11) is 3.63. The summed E-state index contributed by atoms with van der Waals surface area (Å²) in [6, 6.07) is 0. The van der Waals surface area contributed by atoms with E-state index < -0.39 is 0 Å². The highest BCUT2D eigenvalue weighted by Crippen LogP contribution is 2.21. The number of methoxy groups -OCH3 is 1. The molecule has 7 nitrogen and oxygen atoms in total. The normalized spacial score (nSPS) is 11.2. The van der Waals surface area contributed by atoms with E-state index in [2.05, 4.69) is 10.00 Å². The first-order valence-electron chi connectivity index (χ1n) is 5.83. The van der Waals surface area contributed by atoms with Gasteiger partial charge in [0.25, 0.3) is 0 Å². The third-order valence-corrected chi connectivity index (χ3v) is 2.79. The summed E-state index contributed by atoms with van der Waals surface area (Å²) in [5.74, 6) is 0. The number of hydrogen-bond donors (Lipinski definition) is 0. The van der Waals surface area contributed by atoms with E-state index in [-0.39, 0.29) is 10.6 Å². The average Bonchev–Trinajstić information content (AvgIpc) is 2.54. The van der Waals surface area contributed by atoms with Crippen molar-refractivity contribution in [1.82, 2.24) is 14.7 Å². The van der Waals surface area contributed by atoms with E-state index in [0.29, 0.717) is 24.7 Å². The minimum atomic E-state index is -0.376. The molecule has 0 bridgehead atoms. The molecule has 0 saturated heterocycles. The molecule has 0 aromatic carbocycles. The second-order valence-electron chi connectivity index (χ2n) is 4.34. The van der Waals surface area contributed by atoms with Gasteiger partial charge in [-0.3, -0.25) is 15.0 Å². The quantitative estimate of drug-likeness (QED) is 0.418. The van der Waals surface area contributed by atoms with E-state index in [1.807, 2.05) is 7.05 Å². The van der Waals surface area contributed by atoms with Gasteiger partial charge >= 0.3 is 5.69 Å². The van der Waals surface area contributed by atoms with Crippen LogP contribution in [-0.2, 0) is 11.4 Å². The van der Waals surface area contributed by atoms with Gasteiger partial charge in [0.2, 0.25) is 0 Å². The molecule has 0 aliphatic rings. The fourth-order valence-electron chi connectivity index (χ4n) is 1.87. The van der Waals surface area contributed by atoms with Crippen molar-refractivity contribution in [2.24, 2.45) is 0 Å². The monoisotopic (exact) mass is 256 g/mol. The minimum Gasteiger partial charge on any atom is -0.385 e. The predicted octanol–water partition coefficient (Wildman–Crippen LogP) is 1.33. The fraction of sp³-hybridized carbons (Fsp3) is 0.727. The van der Waals surface area contributed by atoms with Gasteiger partial charge in [-0.05, 0) is 27.3 Å². The van der Waals surface area contributed by atoms with Crippen LogP contribution < -0.4 is 0 Å². The Balaban J connectivity index is 2.68. The van der Waals surface area contributed by atoms with E-state index >= 15 is 0 Å². The standard InChI is InChI=1S/C11H20N4O3/c1-9-11(15(16)17)10(2)14(12-9)8-13(3)6-5-7-18-4/h5-8H2,1-4H3. The molecule has 0 amide bonds. The lowest BCUT2D eigenvalue weighted by Gasteiger charge is -2.16. The number of aromatic nitrogens is 2. The summed E-state index contributed by atoms with van der Waals surface area (Å²) in [5.41, 5.74) is 1.17. The van der Waals surface area contributed by atoms with Crippen molar-refractivity contribution in [3.8, 4) is 0 Å². The topological polar surface area (TPSA) is 73.4 Å². The Morgan fingerprint density at radius 2 is 2.17 bits per heavy atom. The lowest BCUT2D eigenvalue weighted by Crippen LogP contribution is -2.25. The molecule has 0 fully saturated rings. The molecule has 0 radical (unpaired) electrons. The highest BCUT2D eigenvalue weighted by Gasteiger charge is 2.21. The molecule has 1 heterocycles. The summed E-state index contributed by atoms with van der Waals surface area (Å²) in [4.78, 5) is 12.6. The first-order chi connectivity index (χ1) is 8.47. The Hall–Kier alpha value is -1.47. The van der Waals surface area contributed by atoms with Gasteiger partial charge in [-0.2, -0.15) is 5.10 Å². The molecular weight excluding hydrogens is 236 g/mol.